The number of esters is 1. The van der Waals surface area contributed by atoms with Gasteiger partial charge in [0.15, 0.2) is 6.20 Å². The normalized spacial score (nSPS) is 9.83. The van der Waals surface area contributed by atoms with Gasteiger partial charge in [0, 0.05) is 0 Å². The van der Waals surface area contributed by atoms with Crippen LogP contribution in [0.25, 0.3) is 0 Å². The molecule has 66 valence electrons. The number of nitrogens with two attached hydrogens (primary N) is 1. The molecular formula is C7H12N3O2+. The maximum absolute atomic E-state index is 11.2. The fourth-order valence-corrected chi connectivity index (χ4v) is 0.940. The number of carbonyl (C=O) groups excluding carboxylic acids is 1. The van der Waals surface area contributed by atoms with Crippen molar-refractivity contribution in [2.75, 3.05) is 12.4 Å². The van der Waals surface area contributed by atoms with Crippen molar-refractivity contribution in [3.05, 3.63) is 18.2 Å². The molecule has 1 aromatic rings. The van der Waals surface area contributed by atoms with Gasteiger partial charge in [0.25, 0.3) is 0 Å². The number of aryl methyl sites for hydroxylation is 1. The molecule has 1 aromatic heterocycles. The number of nitrogens with zero attached hydrogens (tertiary/aromatic N) is 2. The largest absolute Gasteiger partial charge is 0.457 e. The van der Waals surface area contributed by atoms with Gasteiger partial charge in [-0.15, -0.1) is 4.68 Å². The fourth-order valence-electron chi connectivity index (χ4n) is 0.940. The Morgan fingerprint density at radius 2 is 2.50 bits per heavy atom. The van der Waals surface area contributed by atoms with E-state index in [1.165, 1.54) is 4.68 Å². The predicted molar refractivity (Wildman–Crippen MR) is 41.7 cm³/mol. The van der Waals surface area contributed by atoms with Crippen molar-refractivity contribution in [1.82, 2.24) is 4.68 Å². The summed E-state index contributed by atoms with van der Waals surface area (Å²) < 4.78 is 7.63. The summed E-state index contributed by atoms with van der Waals surface area (Å²) in [5.74, 6) is 5.39. The van der Waals surface area contributed by atoms with Gasteiger partial charge >= 0.3 is 11.8 Å². The van der Waals surface area contributed by atoms with Crippen LogP contribution in [0.4, 0.5) is 0 Å². The lowest BCUT2D eigenvalue weighted by molar-refractivity contribution is -0.673. The van der Waals surface area contributed by atoms with Crippen molar-refractivity contribution < 1.29 is 14.1 Å². The van der Waals surface area contributed by atoms with Crippen LogP contribution in [0.2, 0.25) is 0 Å². The summed E-state index contributed by atoms with van der Waals surface area (Å²) in [6.45, 7) is 2.10. The molecule has 0 saturated heterocycles. The lowest BCUT2D eigenvalue weighted by Gasteiger charge is -1.97. The van der Waals surface area contributed by atoms with Crippen molar-refractivity contribution in [2.24, 2.45) is 7.05 Å². The highest BCUT2D eigenvalue weighted by Gasteiger charge is 2.23. The summed E-state index contributed by atoms with van der Waals surface area (Å²) in [6.07, 6.45) is 3.28. The fraction of sp³-hybridized carbons (Fsp3) is 0.429. The summed E-state index contributed by atoms with van der Waals surface area (Å²) in [5.41, 5.74) is 0. The lowest BCUT2D eigenvalue weighted by atomic mass is 10.6. The van der Waals surface area contributed by atoms with E-state index in [9.17, 15) is 4.79 Å². The van der Waals surface area contributed by atoms with Gasteiger partial charge in [-0.3, -0.25) is 5.84 Å². The Kier molecular flexibility index (Phi) is 2.32. The Bertz CT molecular complexity index is 273. The second-order valence-corrected chi connectivity index (χ2v) is 2.36. The highest BCUT2D eigenvalue weighted by atomic mass is 16.5. The quantitative estimate of drug-likeness (QED) is 0.359. The van der Waals surface area contributed by atoms with Gasteiger partial charge in [0.2, 0.25) is 0 Å². The van der Waals surface area contributed by atoms with Gasteiger partial charge in [0.1, 0.15) is 6.20 Å². The molecule has 0 atom stereocenters. The summed E-state index contributed by atoms with van der Waals surface area (Å²) in [7, 11) is 1.73. The molecule has 12 heavy (non-hydrogen) atoms. The minimum atomic E-state index is -0.410. The van der Waals surface area contributed by atoms with Crippen LogP contribution in [0.1, 0.15) is 17.5 Å². The molecule has 0 radical (unpaired) electrons. The van der Waals surface area contributed by atoms with Crippen LogP contribution in [0.3, 0.4) is 0 Å². The molecule has 5 heteroatoms. The summed E-state index contributed by atoms with van der Waals surface area (Å²) in [4.78, 5) is 11.2. The van der Waals surface area contributed by atoms with Gasteiger partial charge < -0.3 is 4.74 Å². The number of ether oxygens (including phenoxy) is 1. The zero-order chi connectivity index (χ0) is 9.14. The van der Waals surface area contributed by atoms with Crippen molar-refractivity contribution in [3.63, 3.8) is 0 Å². The van der Waals surface area contributed by atoms with E-state index in [1.807, 2.05) is 0 Å². The minimum absolute atomic E-state index is 0.330. The van der Waals surface area contributed by atoms with Gasteiger partial charge in [-0.25, -0.2) is 9.36 Å². The third-order valence-corrected chi connectivity index (χ3v) is 1.49. The van der Waals surface area contributed by atoms with E-state index < -0.39 is 5.97 Å². The van der Waals surface area contributed by atoms with Gasteiger partial charge in [-0.1, -0.05) is 0 Å². The van der Waals surface area contributed by atoms with Crippen molar-refractivity contribution in [3.8, 4) is 0 Å². The highest BCUT2D eigenvalue weighted by Crippen LogP contribution is 1.92. The number of aromatic nitrogens is 2. The molecule has 0 aliphatic rings. The number of nitrogen functional groups attached to an aromatic ring is 1. The Morgan fingerprint density at radius 1 is 1.83 bits per heavy atom. The maximum atomic E-state index is 11.2. The molecule has 0 spiro atoms. The molecule has 0 saturated carbocycles. The van der Waals surface area contributed by atoms with E-state index >= 15 is 0 Å². The average molecular weight is 170 g/mol. The van der Waals surface area contributed by atoms with Crippen LogP contribution in [-0.4, -0.2) is 17.3 Å². The number of carbonyl (C=O) groups is 1. The van der Waals surface area contributed by atoms with Crippen molar-refractivity contribution in [1.29, 1.82) is 0 Å². The monoisotopic (exact) mass is 170 g/mol. The summed E-state index contributed by atoms with van der Waals surface area (Å²) >= 11 is 0. The van der Waals surface area contributed by atoms with E-state index in [1.54, 1.807) is 30.9 Å². The van der Waals surface area contributed by atoms with Gasteiger partial charge in [-0.05, 0) is 6.92 Å². The number of imidazole rings is 1. The molecule has 0 aliphatic heterocycles. The number of rotatable bonds is 2. The zero-order valence-electron chi connectivity index (χ0n) is 7.15. The maximum Gasteiger partial charge on any atom is 0.424 e. The molecule has 0 amide bonds. The predicted octanol–water partition coefficient (Wildman–Crippen LogP) is -0.797. The van der Waals surface area contributed by atoms with Crippen LogP contribution in [0.5, 0.6) is 0 Å². The Balaban J connectivity index is 2.93. The molecule has 0 aliphatic carbocycles. The van der Waals surface area contributed by atoms with E-state index in [-0.39, 0.29) is 0 Å². The summed E-state index contributed by atoms with van der Waals surface area (Å²) in [6, 6.07) is 0. The van der Waals surface area contributed by atoms with Crippen molar-refractivity contribution in [2.45, 2.75) is 6.92 Å². The molecule has 2 N–H and O–H groups in total. The van der Waals surface area contributed by atoms with Gasteiger partial charge in [0.05, 0.1) is 13.7 Å². The molecule has 0 bridgehead atoms. The molecule has 0 aromatic carbocycles. The Morgan fingerprint density at radius 3 is 2.92 bits per heavy atom. The van der Waals surface area contributed by atoms with E-state index in [4.69, 9.17) is 10.6 Å². The Labute approximate surface area is 70.3 Å². The zero-order valence-corrected chi connectivity index (χ0v) is 7.15. The first kappa shape index (κ1) is 8.58. The standard InChI is InChI=1S/C7H11N3O2/c1-3-12-7(11)6-9(2)4-5-10(6)8/h4-5H,3H2,1-2H3,(H-,8,11)/p+1. The average Bonchev–Trinajstić information content (AvgIpc) is 2.32. The SMILES string of the molecule is CCOC(=O)c1n(N)cc[n+]1C. The van der Waals surface area contributed by atoms with E-state index in [0.29, 0.717) is 12.4 Å². The van der Waals surface area contributed by atoms with Crippen molar-refractivity contribution >= 4 is 5.97 Å². The second-order valence-electron chi connectivity index (χ2n) is 2.36. The third kappa shape index (κ3) is 1.39. The van der Waals surface area contributed by atoms with E-state index in [0.717, 1.165) is 0 Å². The summed E-state index contributed by atoms with van der Waals surface area (Å²) in [5, 5.41) is 0. The van der Waals surface area contributed by atoms with Crippen LogP contribution in [-0.2, 0) is 11.8 Å². The van der Waals surface area contributed by atoms with Crippen LogP contribution < -0.4 is 10.4 Å². The lowest BCUT2D eigenvalue weighted by Crippen LogP contribution is -2.37. The number of hydrogen-bond acceptors (Lipinski definition) is 3. The molecular weight excluding hydrogens is 158 g/mol. The van der Waals surface area contributed by atoms with E-state index in [2.05, 4.69) is 0 Å². The van der Waals surface area contributed by atoms with Crippen LogP contribution >= 0.6 is 0 Å². The van der Waals surface area contributed by atoms with Crippen LogP contribution in [0.15, 0.2) is 12.4 Å². The molecule has 1 heterocycles. The molecule has 1 rings (SSSR count). The first-order valence-electron chi connectivity index (χ1n) is 3.66. The first-order chi connectivity index (χ1) is 5.66. The smallest absolute Gasteiger partial charge is 0.424 e. The van der Waals surface area contributed by atoms with Crippen LogP contribution in [0, 0.1) is 0 Å². The Hall–Kier alpha value is -1.52. The third-order valence-electron chi connectivity index (χ3n) is 1.49. The number of hydrogen-bond donors (Lipinski definition) is 1. The van der Waals surface area contributed by atoms with Gasteiger partial charge in [-0.2, -0.15) is 0 Å². The molecule has 5 nitrogen and oxygen atoms in total. The first-order valence-corrected chi connectivity index (χ1v) is 3.66. The minimum Gasteiger partial charge on any atom is -0.457 e. The topological polar surface area (TPSA) is 61.1 Å². The molecule has 0 fully saturated rings. The second kappa shape index (κ2) is 3.25. The highest BCUT2D eigenvalue weighted by molar-refractivity contribution is 5.83. The molecule has 0 unspecified atom stereocenters.